The van der Waals surface area contributed by atoms with E-state index in [4.69, 9.17) is 8.94 Å². The third kappa shape index (κ3) is 13.0. The summed E-state index contributed by atoms with van der Waals surface area (Å²) in [6, 6.07) is 13.6. The van der Waals surface area contributed by atoms with E-state index in [9.17, 15) is 29.4 Å². The largest absolute Gasteiger partial charge is 0.443 e. The van der Waals surface area contributed by atoms with Crippen LogP contribution in [0.3, 0.4) is 0 Å². The van der Waals surface area contributed by atoms with Crippen LogP contribution in [0.1, 0.15) is 166 Å². The van der Waals surface area contributed by atoms with Gasteiger partial charge >= 0.3 is 0 Å². The second kappa shape index (κ2) is 23.4. The van der Waals surface area contributed by atoms with Crippen LogP contribution in [0.2, 0.25) is 0 Å². The fourth-order valence-electron chi connectivity index (χ4n) is 10.4. The standard InChI is InChI=1S/2C30H40N4O4/c1-18(2)28(34-15-23(14-31-34)30(5,6)7)29(37)33-16-24(35)13-26(33)27(36)12-19(3)21-8-10-22(11-9-21)25-17-38-32-20(25)4;1-18(2)27(34-15-23(14-32-34)30(5,6)7)29(37)33-16-24(35)13-25(33)26(36)12-19(3)21-8-10-22(11-9-21)28-20(4)31-17-38-28/h8-11,14-15,17-19,24,26,28,35H,12-13,16H2,1-7H3;8-11,14-15,17-19,24-25,27,35H,12-13,16H2,1-7H3. The van der Waals surface area contributed by atoms with E-state index < -0.39 is 36.4 Å². The van der Waals surface area contributed by atoms with Gasteiger partial charge in [0.05, 0.1) is 48.1 Å². The Hall–Kier alpha value is -6.52. The highest BCUT2D eigenvalue weighted by Crippen LogP contribution is 2.35. The Morgan fingerprint density at radius 1 is 0.632 bits per heavy atom. The maximum absolute atomic E-state index is 13.8. The van der Waals surface area contributed by atoms with Gasteiger partial charge in [0.2, 0.25) is 11.8 Å². The summed E-state index contributed by atoms with van der Waals surface area (Å²) in [5.74, 6) is 0.206. The van der Waals surface area contributed by atoms with Crippen LogP contribution in [0.25, 0.3) is 22.5 Å². The Labute approximate surface area is 448 Å². The van der Waals surface area contributed by atoms with Crippen LogP contribution < -0.4 is 0 Å². The van der Waals surface area contributed by atoms with E-state index in [1.54, 1.807) is 31.6 Å². The minimum absolute atomic E-state index is 0.0280. The van der Waals surface area contributed by atoms with Crippen molar-refractivity contribution in [2.45, 2.75) is 182 Å². The van der Waals surface area contributed by atoms with Crippen molar-refractivity contribution in [3.05, 3.63) is 120 Å². The molecular formula is C60H80N8O8. The number of β-amino-alcohol motifs (C(OH)–C–C–N with tert-alkyl or cyclic N) is 2. The molecule has 2 N–H and O–H groups in total. The second-order valence-corrected chi connectivity index (χ2v) is 24.1. The van der Waals surface area contributed by atoms with E-state index in [2.05, 4.69) is 61.9 Å². The fourth-order valence-corrected chi connectivity index (χ4v) is 10.4. The molecule has 0 bridgehead atoms. The number of benzene rings is 2. The molecule has 4 aromatic heterocycles. The Kier molecular flexibility index (Phi) is 17.6. The molecule has 8 unspecified atom stereocenters. The predicted octanol–water partition coefficient (Wildman–Crippen LogP) is 10.1. The summed E-state index contributed by atoms with van der Waals surface area (Å²) >= 11 is 0. The smallest absolute Gasteiger partial charge is 0.248 e. The molecule has 6 heterocycles. The summed E-state index contributed by atoms with van der Waals surface area (Å²) in [6.45, 7) is 28.7. The highest BCUT2D eigenvalue weighted by atomic mass is 16.5. The normalized spacial score (nSPS) is 19.7. The molecule has 8 rings (SSSR count). The predicted molar refractivity (Wildman–Crippen MR) is 291 cm³/mol. The van der Waals surface area contributed by atoms with Crippen LogP contribution >= 0.6 is 0 Å². The van der Waals surface area contributed by atoms with Crippen molar-refractivity contribution in [1.82, 2.24) is 39.5 Å². The molecule has 8 atom stereocenters. The van der Waals surface area contributed by atoms with Gasteiger partial charge in [-0.2, -0.15) is 10.2 Å². The Balaban J connectivity index is 0.000000221. The van der Waals surface area contributed by atoms with Gasteiger partial charge in [-0.1, -0.05) is 137 Å². The van der Waals surface area contributed by atoms with Crippen LogP contribution in [0.5, 0.6) is 0 Å². The third-order valence-electron chi connectivity index (χ3n) is 15.2. The number of hydrogen-bond acceptors (Lipinski definition) is 12. The molecule has 16 heteroatoms. The maximum atomic E-state index is 13.8. The zero-order chi connectivity index (χ0) is 55.6. The molecule has 2 fully saturated rings. The molecule has 0 spiro atoms. The number of nitrogens with zero attached hydrogens (tertiary/aromatic N) is 8. The van der Waals surface area contributed by atoms with Crippen LogP contribution in [-0.2, 0) is 30.0 Å². The topological polar surface area (TPSA) is 203 Å². The van der Waals surface area contributed by atoms with E-state index in [-0.39, 0.29) is 96.7 Å². The van der Waals surface area contributed by atoms with Crippen LogP contribution in [0.15, 0.2) is 94.9 Å². The van der Waals surface area contributed by atoms with Gasteiger partial charge in [0, 0.05) is 62.3 Å². The molecule has 0 saturated carbocycles. The number of aryl methyl sites for hydroxylation is 2. The molecule has 2 aliphatic rings. The lowest BCUT2D eigenvalue weighted by molar-refractivity contribution is -0.142. The minimum Gasteiger partial charge on any atom is -0.443 e. The third-order valence-corrected chi connectivity index (χ3v) is 15.2. The van der Waals surface area contributed by atoms with Crippen molar-refractivity contribution < 1.29 is 38.3 Å². The quantitative estimate of drug-likeness (QED) is 0.0930. The van der Waals surface area contributed by atoms with E-state index >= 15 is 0 Å². The van der Waals surface area contributed by atoms with Crippen molar-refractivity contribution in [3.8, 4) is 22.5 Å². The van der Waals surface area contributed by atoms with Crippen molar-refractivity contribution in [3.63, 3.8) is 0 Å². The minimum atomic E-state index is -0.719. The molecule has 16 nitrogen and oxygen atoms in total. The van der Waals surface area contributed by atoms with Crippen molar-refractivity contribution >= 4 is 23.4 Å². The summed E-state index contributed by atoms with van der Waals surface area (Å²) in [5.41, 5.74) is 8.53. The van der Waals surface area contributed by atoms with Gasteiger partial charge in [0.25, 0.3) is 0 Å². The van der Waals surface area contributed by atoms with Crippen LogP contribution in [-0.4, -0.2) is 110 Å². The van der Waals surface area contributed by atoms with Gasteiger partial charge in [-0.15, -0.1) is 0 Å². The van der Waals surface area contributed by atoms with Crippen molar-refractivity contribution in [2.75, 3.05) is 13.1 Å². The Bertz CT molecular complexity index is 2730. The number of oxazole rings is 1. The monoisotopic (exact) mass is 1040 g/mol. The molecule has 76 heavy (non-hydrogen) atoms. The Morgan fingerprint density at radius 2 is 1.05 bits per heavy atom. The molecule has 2 amide bonds. The second-order valence-electron chi connectivity index (χ2n) is 24.1. The number of rotatable bonds is 16. The van der Waals surface area contributed by atoms with E-state index in [1.165, 1.54) is 6.39 Å². The number of likely N-dealkylation sites (tertiary alicyclic amines) is 2. The molecule has 6 aromatic rings. The molecule has 2 saturated heterocycles. The van der Waals surface area contributed by atoms with Gasteiger partial charge in [-0.3, -0.25) is 28.5 Å². The van der Waals surface area contributed by atoms with Crippen LogP contribution in [0, 0.1) is 25.7 Å². The summed E-state index contributed by atoms with van der Waals surface area (Å²) in [5, 5.41) is 33.9. The number of aliphatic hydroxyl groups excluding tert-OH is 2. The fraction of sp³-hybridized carbons (Fsp3) is 0.533. The number of Topliss-reactive ketones (excluding diaryl/α,β-unsaturated/α-hetero) is 2. The summed E-state index contributed by atoms with van der Waals surface area (Å²) in [7, 11) is 0. The average Bonchev–Trinajstić information content (AvgIpc) is 4.22. The molecular weight excluding hydrogens is 961 g/mol. The lowest BCUT2D eigenvalue weighted by Gasteiger charge is -2.30. The first-order chi connectivity index (χ1) is 35.7. The number of amides is 2. The van der Waals surface area contributed by atoms with Gasteiger partial charge < -0.3 is 29.0 Å². The number of carbonyl (C=O) groups is 4. The SMILES string of the molecule is Cc1ncoc1-c1ccc(C(C)CC(=O)C2CC(O)CN2C(=O)C(C(C)C)n2cc(C(C)(C)C)cn2)cc1.Cc1nocc1-c1ccc(C(C)CC(=O)C2CC(O)CN2C(=O)C(C(C)C)n2cc(C(C)(C)C)cn2)cc1. The summed E-state index contributed by atoms with van der Waals surface area (Å²) < 4.78 is 14.0. The molecule has 408 valence electrons. The number of hydrogen-bond donors (Lipinski definition) is 2. The first-order valence-electron chi connectivity index (χ1n) is 26.9. The lowest BCUT2D eigenvalue weighted by atomic mass is 9.90. The van der Waals surface area contributed by atoms with Crippen LogP contribution in [0.4, 0.5) is 0 Å². The molecule has 2 aliphatic heterocycles. The van der Waals surface area contributed by atoms with Gasteiger partial charge in [0.1, 0.15) is 18.3 Å². The number of ketones is 2. The number of aromatic nitrogens is 6. The van der Waals surface area contributed by atoms with Gasteiger partial charge in [-0.25, -0.2) is 4.98 Å². The molecule has 2 aromatic carbocycles. The van der Waals surface area contributed by atoms with Gasteiger partial charge in [-0.05, 0) is 76.2 Å². The van der Waals surface area contributed by atoms with Crippen molar-refractivity contribution in [2.24, 2.45) is 11.8 Å². The highest BCUT2D eigenvalue weighted by Gasteiger charge is 2.44. The first kappa shape index (κ1) is 57.2. The van der Waals surface area contributed by atoms with E-state index in [0.717, 1.165) is 56.1 Å². The first-order valence-corrected chi connectivity index (χ1v) is 26.9. The highest BCUT2D eigenvalue weighted by molar-refractivity contribution is 5.92. The maximum Gasteiger partial charge on any atom is 0.248 e. The summed E-state index contributed by atoms with van der Waals surface area (Å²) in [6.07, 6.45) is 10.2. The zero-order valence-electron chi connectivity index (χ0n) is 47.0. The Morgan fingerprint density at radius 3 is 1.39 bits per heavy atom. The molecule has 0 radical (unpaired) electrons. The lowest BCUT2D eigenvalue weighted by Crippen LogP contribution is -2.45. The molecule has 0 aliphatic carbocycles. The number of aliphatic hydroxyl groups is 2. The van der Waals surface area contributed by atoms with Crippen molar-refractivity contribution in [1.29, 1.82) is 0 Å². The summed E-state index contributed by atoms with van der Waals surface area (Å²) in [4.78, 5) is 62.0. The zero-order valence-corrected chi connectivity index (χ0v) is 47.0. The van der Waals surface area contributed by atoms with Gasteiger partial charge in [0.15, 0.2) is 23.7 Å². The number of carbonyl (C=O) groups excluding carboxylic acids is 4. The average molecular weight is 1040 g/mol. The van der Waals surface area contributed by atoms with E-state index in [1.807, 2.05) is 123 Å². The van der Waals surface area contributed by atoms with E-state index in [0.29, 0.717) is 0 Å².